The maximum Gasteiger partial charge on any atom is 0.238 e. The molecule has 0 fully saturated rings. The number of rotatable bonds is 5. The number of carbonyl (C=O) groups excluding carboxylic acids is 1. The number of nitrogens with zero attached hydrogens (tertiary/aromatic N) is 1. The maximum atomic E-state index is 11.9. The summed E-state index contributed by atoms with van der Waals surface area (Å²) in [7, 11) is 0. The van der Waals surface area contributed by atoms with E-state index in [0.717, 1.165) is 5.56 Å². The molecule has 0 aliphatic heterocycles. The van der Waals surface area contributed by atoms with Gasteiger partial charge in [0.15, 0.2) is 0 Å². The molecule has 0 radical (unpaired) electrons. The first-order chi connectivity index (χ1) is 10.5. The molecule has 1 amide bonds. The fraction of sp³-hybridized carbons (Fsp3) is 0.200. The fourth-order valence-electron chi connectivity index (χ4n) is 1.87. The Kier molecular flexibility index (Phi) is 5.81. The highest BCUT2D eigenvalue weighted by atomic mass is 35.5. The predicted molar refractivity (Wildman–Crippen MR) is 90.5 cm³/mol. The minimum Gasteiger partial charge on any atom is -0.315 e. The number of nitrogens with one attached hydrogen (secondary N) is 2. The molecule has 2 N–H and O–H groups in total. The molecule has 2 rings (SSSR count). The van der Waals surface area contributed by atoms with E-state index in [1.165, 1.54) is 11.3 Å². The largest absolute Gasteiger partial charge is 0.315 e. The molecule has 0 saturated heterocycles. The summed E-state index contributed by atoms with van der Waals surface area (Å²) >= 11 is 13.3. The third kappa shape index (κ3) is 4.21. The second-order valence-corrected chi connectivity index (χ2v) is 6.35. The maximum absolute atomic E-state index is 11.9. The fourth-order valence-corrected chi connectivity index (χ4v) is 3.20. The molecular formula is C15H13Cl2N3OS. The molecule has 0 saturated carbocycles. The minimum atomic E-state index is -0.212. The molecule has 4 nitrogen and oxygen atoms in total. The monoisotopic (exact) mass is 353 g/mol. The van der Waals surface area contributed by atoms with Crippen LogP contribution in [0.3, 0.4) is 0 Å². The Balaban J connectivity index is 1.92. The Morgan fingerprint density at radius 3 is 2.86 bits per heavy atom. The van der Waals surface area contributed by atoms with Gasteiger partial charge in [0.1, 0.15) is 11.1 Å². The highest BCUT2D eigenvalue weighted by Crippen LogP contribution is 2.26. The topological polar surface area (TPSA) is 64.9 Å². The first-order valence-corrected chi connectivity index (χ1v) is 8.10. The van der Waals surface area contributed by atoms with Crippen molar-refractivity contribution < 1.29 is 4.79 Å². The quantitative estimate of drug-likeness (QED) is 0.845. The van der Waals surface area contributed by atoms with Crippen molar-refractivity contribution in [1.29, 1.82) is 5.26 Å². The van der Waals surface area contributed by atoms with Gasteiger partial charge in [0, 0.05) is 16.1 Å². The van der Waals surface area contributed by atoms with Gasteiger partial charge in [-0.05, 0) is 36.1 Å². The van der Waals surface area contributed by atoms with Gasteiger partial charge in [-0.2, -0.15) is 5.26 Å². The van der Waals surface area contributed by atoms with E-state index >= 15 is 0 Å². The van der Waals surface area contributed by atoms with Gasteiger partial charge >= 0.3 is 0 Å². The Bertz CT molecular complexity index is 724. The van der Waals surface area contributed by atoms with E-state index in [1.807, 2.05) is 19.1 Å². The van der Waals surface area contributed by atoms with E-state index in [9.17, 15) is 4.79 Å². The molecular weight excluding hydrogens is 341 g/mol. The van der Waals surface area contributed by atoms with Gasteiger partial charge in [-0.3, -0.25) is 4.79 Å². The van der Waals surface area contributed by atoms with Crippen LogP contribution >= 0.6 is 34.5 Å². The van der Waals surface area contributed by atoms with Crippen LogP contribution < -0.4 is 10.6 Å². The van der Waals surface area contributed by atoms with Crippen molar-refractivity contribution in [1.82, 2.24) is 5.32 Å². The minimum absolute atomic E-state index is 0.103. The van der Waals surface area contributed by atoms with Crippen molar-refractivity contribution in [2.24, 2.45) is 0 Å². The smallest absolute Gasteiger partial charge is 0.238 e. The summed E-state index contributed by atoms with van der Waals surface area (Å²) in [5.41, 5.74) is 1.33. The van der Waals surface area contributed by atoms with Gasteiger partial charge in [0.25, 0.3) is 0 Å². The Morgan fingerprint density at radius 2 is 2.18 bits per heavy atom. The molecule has 0 bridgehead atoms. The number of hydrogen-bond acceptors (Lipinski definition) is 4. The predicted octanol–water partition coefficient (Wildman–Crippen LogP) is 4.22. The molecule has 2 aromatic rings. The van der Waals surface area contributed by atoms with Crippen molar-refractivity contribution in [3.05, 3.63) is 50.8 Å². The zero-order valence-electron chi connectivity index (χ0n) is 11.7. The van der Waals surface area contributed by atoms with E-state index in [0.29, 0.717) is 20.6 Å². The lowest BCUT2D eigenvalue weighted by molar-refractivity contribution is -0.115. The van der Waals surface area contributed by atoms with E-state index in [2.05, 4.69) is 10.6 Å². The molecule has 114 valence electrons. The molecule has 1 heterocycles. The first-order valence-electron chi connectivity index (χ1n) is 6.47. The molecule has 22 heavy (non-hydrogen) atoms. The molecule has 1 aromatic carbocycles. The van der Waals surface area contributed by atoms with Crippen molar-refractivity contribution in [3.8, 4) is 6.07 Å². The van der Waals surface area contributed by atoms with Gasteiger partial charge < -0.3 is 10.6 Å². The van der Waals surface area contributed by atoms with E-state index in [1.54, 1.807) is 23.6 Å². The summed E-state index contributed by atoms with van der Waals surface area (Å²) in [5.74, 6) is -0.212. The molecule has 1 atom stereocenters. The van der Waals surface area contributed by atoms with Crippen LogP contribution in [0.25, 0.3) is 0 Å². The number of carbonyl (C=O) groups is 1. The van der Waals surface area contributed by atoms with Gasteiger partial charge in [0.05, 0.1) is 12.1 Å². The summed E-state index contributed by atoms with van der Waals surface area (Å²) in [6, 6.07) is 8.85. The van der Waals surface area contributed by atoms with Crippen molar-refractivity contribution >= 4 is 45.4 Å². The Labute approximate surface area is 142 Å². The Morgan fingerprint density at radius 1 is 1.41 bits per heavy atom. The number of halogens is 2. The summed E-state index contributed by atoms with van der Waals surface area (Å²) in [5, 5.41) is 18.2. The van der Waals surface area contributed by atoms with Crippen LogP contribution in [0.5, 0.6) is 0 Å². The second kappa shape index (κ2) is 7.61. The van der Waals surface area contributed by atoms with Crippen LogP contribution in [0.4, 0.5) is 5.00 Å². The third-order valence-corrected chi connectivity index (χ3v) is 4.43. The number of hydrogen-bond donors (Lipinski definition) is 2. The molecule has 0 aliphatic carbocycles. The zero-order chi connectivity index (χ0) is 16.1. The van der Waals surface area contributed by atoms with Crippen LogP contribution in [-0.2, 0) is 4.79 Å². The summed E-state index contributed by atoms with van der Waals surface area (Å²) in [6.45, 7) is 2.02. The van der Waals surface area contributed by atoms with Crippen molar-refractivity contribution in [2.45, 2.75) is 13.0 Å². The van der Waals surface area contributed by atoms with Gasteiger partial charge in [-0.1, -0.05) is 29.3 Å². The summed E-state index contributed by atoms with van der Waals surface area (Å²) in [4.78, 5) is 11.9. The number of amides is 1. The van der Waals surface area contributed by atoms with Crippen molar-refractivity contribution in [2.75, 3.05) is 11.9 Å². The Hall–Kier alpha value is -1.58. The number of thiophene rings is 1. The van der Waals surface area contributed by atoms with Crippen molar-refractivity contribution in [3.63, 3.8) is 0 Å². The van der Waals surface area contributed by atoms with E-state index in [-0.39, 0.29) is 18.5 Å². The molecule has 0 unspecified atom stereocenters. The average Bonchev–Trinajstić information content (AvgIpc) is 2.92. The third-order valence-electron chi connectivity index (χ3n) is 3.04. The number of nitriles is 1. The molecule has 7 heteroatoms. The van der Waals surface area contributed by atoms with Crippen LogP contribution in [-0.4, -0.2) is 12.5 Å². The summed E-state index contributed by atoms with van der Waals surface area (Å²) < 4.78 is 0. The lowest BCUT2D eigenvalue weighted by Gasteiger charge is -2.15. The zero-order valence-corrected chi connectivity index (χ0v) is 14.0. The SMILES string of the molecule is C[C@@H](NCC(=O)Nc1sccc1C#N)c1ccc(Cl)cc1Cl. The summed E-state index contributed by atoms with van der Waals surface area (Å²) in [6.07, 6.45) is 0. The van der Waals surface area contributed by atoms with Crippen LogP contribution in [0.1, 0.15) is 24.1 Å². The molecule has 1 aromatic heterocycles. The van der Waals surface area contributed by atoms with Gasteiger partial charge in [0.2, 0.25) is 5.91 Å². The van der Waals surface area contributed by atoms with Crippen LogP contribution in [0, 0.1) is 11.3 Å². The van der Waals surface area contributed by atoms with Gasteiger partial charge in [-0.15, -0.1) is 11.3 Å². The highest BCUT2D eigenvalue weighted by molar-refractivity contribution is 7.14. The molecule has 0 aliphatic rings. The van der Waals surface area contributed by atoms with Crippen LogP contribution in [0.2, 0.25) is 10.0 Å². The standard InChI is InChI=1S/C15H13Cl2N3OS/c1-9(12-3-2-11(16)6-13(12)17)19-8-14(21)20-15-10(7-18)4-5-22-15/h2-6,9,19H,8H2,1H3,(H,20,21)/t9-/m1/s1. The molecule has 0 spiro atoms. The number of anilines is 1. The second-order valence-electron chi connectivity index (χ2n) is 4.59. The normalized spacial score (nSPS) is 11.7. The average molecular weight is 354 g/mol. The van der Waals surface area contributed by atoms with E-state index < -0.39 is 0 Å². The van der Waals surface area contributed by atoms with E-state index in [4.69, 9.17) is 28.5 Å². The van der Waals surface area contributed by atoms with Crippen LogP contribution in [0.15, 0.2) is 29.6 Å². The highest BCUT2D eigenvalue weighted by Gasteiger charge is 2.13. The lowest BCUT2D eigenvalue weighted by Crippen LogP contribution is -2.30. The number of benzene rings is 1. The van der Waals surface area contributed by atoms with Gasteiger partial charge in [-0.25, -0.2) is 0 Å². The lowest BCUT2D eigenvalue weighted by atomic mass is 10.1. The first kappa shape index (κ1) is 16.8.